The van der Waals surface area contributed by atoms with E-state index in [2.05, 4.69) is 0 Å². The van der Waals surface area contributed by atoms with Crippen LogP contribution in [0.4, 0.5) is 0 Å². The number of aromatic carboxylic acids is 2. The van der Waals surface area contributed by atoms with Gasteiger partial charge in [0.15, 0.2) is 0 Å². The Morgan fingerprint density at radius 2 is 1.00 bits per heavy atom. The molecule has 2 rings (SSSR count). The van der Waals surface area contributed by atoms with E-state index in [1.165, 1.54) is 24.3 Å². The first kappa shape index (κ1) is 15.1. The van der Waals surface area contributed by atoms with Gasteiger partial charge in [0, 0.05) is 11.1 Å². The Labute approximate surface area is 122 Å². The van der Waals surface area contributed by atoms with Gasteiger partial charge in [-0.3, -0.25) is 0 Å². The van der Waals surface area contributed by atoms with E-state index in [1.54, 1.807) is 24.3 Å². The van der Waals surface area contributed by atoms with Crippen molar-refractivity contribution in [2.45, 2.75) is 0 Å². The Hall–Kier alpha value is -2.00. The van der Waals surface area contributed by atoms with Crippen molar-refractivity contribution in [2.75, 3.05) is 0 Å². The Bertz CT molecular complexity index is 567. The smallest absolute Gasteiger partial charge is 0.545 e. The van der Waals surface area contributed by atoms with Gasteiger partial charge in [0.25, 0.3) is 0 Å². The van der Waals surface area contributed by atoms with Crippen molar-refractivity contribution in [3.63, 3.8) is 0 Å². The molecule has 0 radical (unpaired) electrons. The van der Waals surface area contributed by atoms with Crippen LogP contribution in [0.2, 0.25) is 0 Å². The molecular weight excluding hydrogens is 298 g/mol. The van der Waals surface area contributed by atoms with Crippen LogP contribution in [-0.2, 0) is 19.5 Å². The number of hydrogen-bond donors (Lipinski definition) is 0. The molecule has 0 aliphatic heterocycles. The van der Waals surface area contributed by atoms with Crippen LogP contribution in [-0.4, -0.2) is 11.9 Å². The molecule has 0 aromatic heterocycles. The van der Waals surface area contributed by atoms with Gasteiger partial charge in [-0.25, -0.2) is 0 Å². The number of benzene rings is 2. The summed E-state index contributed by atoms with van der Waals surface area (Å²) in [4.78, 5) is 22.0. The van der Waals surface area contributed by atoms with Crippen LogP contribution >= 0.6 is 0 Å². The second-order valence-electron chi connectivity index (χ2n) is 3.67. The summed E-state index contributed by atoms with van der Waals surface area (Å²) in [5.74, 6) is -2.70. The minimum atomic E-state index is -1.35. The van der Waals surface area contributed by atoms with E-state index in [0.29, 0.717) is 11.1 Å². The molecule has 0 aliphatic rings. The Morgan fingerprint density at radius 3 is 1.32 bits per heavy atom. The molecule has 0 atom stereocenters. The molecule has 0 bridgehead atoms. The molecule has 0 N–H and O–H groups in total. The molecule has 0 fully saturated rings. The van der Waals surface area contributed by atoms with Crippen LogP contribution < -0.4 is 10.2 Å². The summed E-state index contributed by atoms with van der Waals surface area (Å²) in [6, 6.07) is 12.2. The molecule has 2 aromatic rings. The Morgan fingerprint density at radius 1 is 0.684 bits per heavy atom. The summed E-state index contributed by atoms with van der Waals surface area (Å²) < 4.78 is 0. The number of carbonyl (C=O) groups excluding carboxylic acids is 2. The maximum Gasteiger partial charge on any atom is 2.00 e. The summed E-state index contributed by atoms with van der Waals surface area (Å²) in [6.45, 7) is 0. The van der Waals surface area contributed by atoms with E-state index in [-0.39, 0.29) is 30.6 Å². The zero-order valence-corrected chi connectivity index (χ0v) is 12.9. The number of carboxylic acids is 2. The summed E-state index contributed by atoms with van der Waals surface area (Å²) in [5.41, 5.74) is 0.506. The fraction of sp³-hybridized carbons (Fsp3) is 0. The van der Waals surface area contributed by atoms with Gasteiger partial charge in [-0.15, -0.1) is 0 Å². The molecule has 0 aliphatic carbocycles. The minimum absolute atomic E-state index is 0. The largest absolute Gasteiger partial charge is 2.00 e. The molecule has 0 saturated carbocycles. The number of carboxylic acid groups (broad SMARTS) is 2. The van der Waals surface area contributed by atoms with Crippen molar-refractivity contribution in [1.82, 2.24) is 0 Å². The molecule has 90 valence electrons. The van der Waals surface area contributed by atoms with E-state index in [0.717, 1.165) is 0 Å². The van der Waals surface area contributed by atoms with Gasteiger partial charge in [0.05, 0.1) is 11.9 Å². The van der Waals surface area contributed by atoms with Crippen molar-refractivity contribution in [1.29, 1.82) is 0 Å². The van der Waals surface area contributed by atoms with Gasteiger partial charge in [-0.1, -0.05) is 48.5 Å². The Balaban J connectivity index is 0.00000180. The molecule has 0 spiro atoms. The quantitative estimate of drug-likeness (QED) is 0.752. The normalized spacial score (nSPS) is 9.47. The van der Waals surface area contributed by atoms with Crippen molar-refractivity contribution in [3.8, 4) is 11.1 Å². The number of hydrogen-bond acceptors (Lipinski definition) is 4. The first-order chi connectivity index (χ1) is 8.61. The summed E-state index contributed by atoms with van der Waals surface area (Å²) in [5, 5.41) is 22.0. The second-order valence-corrected chi connectivity index (χ2v) is 3.67. The third-order valence-corrected chi connectivity index (χ3v) is 2.58. The predicted octanol–water partition coefficient (Wildman–Crippen LogP) is 0.0781. The Kier molecular flexibility index (Phi) is 4.96. The van der Waals surface area contributed by atoms with Gasteiger partial charge in [-0.05, 0) is 11.1 Å². The fourth-order valence-electron chi connectivity index (χ4n) is 1.79. The van der Waals surface area contributed by atoms with Crippen LogP contribution in [0.1, 0.15) is 20.7 Å². The minimum Gasteiger partial charge on any atom is -0.545 e. The van der Waals surface area contributed by atoms with E-state index < -0.39 is 11.9 Å². The monoisotopic (exact) mass is 304 g/mol. The first-order valence-corrected chi connectivity index (χ1v) is 5.22. The standard InChI is InChI=1S/C14H10O4.Zn/c15-13(16)11-7-3-1-5-9(11)10-6-2-4-8-12(10)14(17)18;/h1-8H,(H,15,16)(H,17,18);/q;+2/p-2. The van der Waals surface area contributed by atoms with Crippen molar-refractivity contribution >= 4 is 11.9 Å². The fourth-order valence-corrected chi connectivity index (χ4v) is 1.79. The van der Waals surface area contributed by atoms with E-state index in [4.69, 9.17) is 0 Å². The molecule has 5 heteroatoms. The van der Waals surface area contributed by atoms with Crippen LogP contribution in [0.25, 0.3) is 11.1 Å². The van der Waals surface area contributed by atoms with Gasteiger partial charge in [0.2, 0.25) is 0 Å². The number of carbonyl (C=O) groups is 2. The maximum absolute atomic E-state index is 11.0. The van der Waals surface area contributed by atoms with Crippen LogP contribution in [0.15, 0.2) is 48.5 Å². The topological polar surface area (TPSA) is 80.3 Å². The molecule has 0 unspecified atom stereocenters. The van der Waals surface area contributed by atoms with Crippen molar-refractivity contribution < 1.29 is 39.3 Å². The van der Waals surface area contributed by atoms with Gasteiger partial charge < -0.3 is 19.8 Å². The molecule has 0 amide bonds. The van der Waals surface area contributed by atoms with Gasteiger partial charge in [0.1, 0.15) is 0 Å². The zero-order chi connectivity index (χ0) is 13.1. The summed E-state index contributed by atoms with van der Waals surface area (Å²) in [7, 11) is 0. The predicted molar refractivity (Wildman–Crippen MR) is 60.5 cm³/mol. The average Bonchev–Trinajstić information content (AvgIpc) is 2.38. The van der Waals surface area contributed by atoms with Crippen molar-refractivity contribution in [2.24, 2.45) is 0 Å². The molecule has 2 aromatic carbocycles. The van der Waals surface area contributed by atoms with Gasteiger partial charge >= 0.3 is 19.5 Å². The molecule has 0 saturated heterocycles. The maximum atomic E-state index is 11.0. The van der Waals surface area contributed by atoms with Crippen LogP contribution in [0.5, 0.6) is 0 Å². The third kappa shape index (κ3) is 3.06. The molecular formula is C14H8O4Zn. The van der Waals surface area contributed by atoms with E-state index >= 15 is 0 Å². The summed E-state index contributed by atoms with van der Waals surface area (Å²) in [6.07, 6.45) is 0. The van der Waals surface area contributed by atoms with Crippen LogP contribution in [0, 0.1) is 0 Å². The zero-order valence-electron chi connectivity index (χ0n) is 9.96. The van der Waals surface area contributed by atoms with Gasteiger partial charge in [-0.2, -0.15) is 0 Å². The molecule has 4 nitrogen and oxygen atoms in total. The summed E-state index contributed by atoms with van der Waals surface area (Å²) >= 11 is 0. The first-order valence-electron chi connectivity index (χ1n) is 5.22. The van der Waals surface area contributed by atoms with Crippen LogP contribution in [0.3, 0.4) is 0 Å². The second kappa shape index (κ2) is 6.25. The average molecular weight is 306 g/mol. The molecule has 19 heavy (non-hydrogen) atoms. The number of rotatable bonds is 3. The molecule has 0 heterocycles. The van der Waals surface area contributed by atoms with E-state index in [9.17, 15) is 19.8 Å². The SMILES string of the molecule is O=C([O-])c1ccccc1-c1ccccc1C(=O)[O-].[Zn+2]. The van der Waals surface area contributed by atoms with E-state index in [1.807, 2.05) is 0 Å². The van der Waals surface area contributed by atoms with Crippen molar-refractivity contribution in [3.05, 3.63) is 59.7 Å². The third-order valence-electron chi connectivity index (χ3n) is 2.58.